The van der Waals surface area contributed by atoms with E-state index in [1.807, 2.05) is 85.1 Å². The van der Waals surface area contributed by atoms with Gasteiger partial charge < -0.3 is 10.1 Å². The number of carbonyl (C=O) groups excluding carboxylic acids is 1. The van der Waals surface area contributed by atoms with Crippen LogP contribution < -0.4 is 10.1 Å². The lowest BCUT2D eigenvalue weighted by atomic mass is 10.2. The molecule has 0 fully saturated rings. The molecule has 1 heterocycles. The molecule has 0 bridgehead atoms. The molecule has 0 spiro atoms. The average Bonchev–Trinajstić information content (AvgIpc) is 3.02. The second-order valence-corrected chi connectivity index (χ2v) is 7.26. The molecular formula is C24H28N4O2. The molecule has 0 unspecified atom stereocenters. The standard InChI is InChI=1S/C24H28N4O2/c1-5-15-30-22-13-11-20(12-14-22)16-27(4)17-23(29)25-24-18(2)26-28(19(24)3)21-9-7-6-8-10-21/h5-14H,1,15-17H2,2-4H3,(H,25,29). The number of rotatable bonds is 9. The second kappa shape index (κ2) is 9.89. The lowest BCUT2D eigenvalue weighted by molar-refractivity contribution is -0.117. The van der Waals surface area contributed by atoms with E-state index >= 15 is 0 Å². The Bertz CT molecular complexity index is 994. The first-order valence-electron chi connectivity index (χ1n) is 9.90. The number of amides is 1. The number of hydrogen-bond donors (Lipinski definition) is 1. The van der Waals surface area contributed by atoms with E-state index in [4.69, 9.17) is 4.74 Å². The van der Waals surface area contributed by atoms with Gasteiger partial charge in [-0.1, -0.05) is 43.0 Å². The summed E-state index contributed by atoms with van der Waals surface area (Å²) in [5.41, 5.74) is 4.55. The van der Waals surface area contributed by atoms with Gasteiger partial charge in [0, 0.05) is 6.54 Å². The van der Waals surface area contributed by atoms with E-state index in [9.17, 15) is 4.79 Å². The Kier molecular flexibility index (Phi) is 7.03. The Morgan fingerprint density at radius 3 is 2.53 bits per heavy atom. The zero-order valence-corrected chi connectivity index (χ0v) is 17.8. The molecule has 1 amide bonds. The molecule has 2 aromatic carbocycles. The molecule has 0 saturated carbocycles. The van der Waals surface area contributed by atoms with Crippen molar-refractivity contribution in [2.75, 3.05) is 25.5 Å². The number of hydrogen-bond acceptors (Lipinski definition) is 4. The minimum Gasteiger partial charge on any atom is -0.490 e. The molecule has 0 aliphatic carbocycles. The third-order valence-electron chi connectivity index (χ3n) is 4.71. The summed E-state index contributed by atoms with van der Waals surface area (Å²) in [6.45, 7) is 8.94. The molecule has 0 saturated heterocycles. The number of aromatic nitrogens is 2. The molecule has 6 nitrogen and oxygen atoms in total. The zero-order valence-electron chi connectivity index (χ0n) is 17.8. The van der Waals surface area contributed by atoms with Crippen LogP contribution in [0.15, 0.2) is 67.3 Å². The highest BCUT2D eigenvalue weighted by Gasteiger charge is 2.16. The fourth-order valence-electron chi connectivity index (χ4n) is 3.28. The maximum atomic E-state index is 12.6. The maximum absolute atomic E-state index is 12.6. The monoisotopic (exact) mass is 404 g/mol. The van der Waals surface area contributed by atoms with Crippen molar-refractivity contribution in [3.05, 3.63) is 84.2 Å². The molecule has 30 heavy (non-hydrogen) atoms. The summed E-state index contributed by atoms with van der Waals surface area (Å²) in [5, 5.41) is 7.60. The quantitative estimate of drug-likeness (QED) is 0.545. The summed E-state index contributed by atoms with van der Waals surface area (Å²) >= 11 is 0. The van der Waals surface area contributed by atoms with Crippen LogP contribution in [0.3, 0.4) is 0 Å². The largest absolute Gasteiger partial charge is 0.490 e. The van der Waals surface area contributed by atoms with Crippen molar-refractivity contribution in [2.24, 2.45) is 0 Å². The van der Waals surface area contributed by atoms with Gasteiger partial charge in [0.25, 0.3) is 0 Å². The van der Waals surface area contributed by atoms with Gasteiger partial charge in [-0.05, 0) is 50.7 Å². The number of likely N-dealkylation sites (N-methyl/N-ethyl adjacent to an activating group) is 1. The van der Waals surface area contributed by atoms with Crippen molar-refractivity contribution < 1.29 is 9.53 Å². The molecule has 0 aliphatic rings. The molecule has 0 atom stereocenters. The van der Waals surface area contributed by atoms with Crippen LogP contribution in [0, 0.1) is 13.8 Å². The summed E-state index contributed by atoms with van der Waals surface area (Å²) in [6.07, 6.45) is 1.72. The van der Waals surface area contributed by atoms with Crippen molar-refractivity contribution >= 4 is 11.6 Å². The van der Waals surface area contributed by atoms with Crippen LogP contribution in [0.4, 0.5) is 5.69 Å². The normalized spacial score (nSPS) is 10.8. The highest BCUT2D eigenvalue weighted by Crippen LogP contribution is 2.22. The van der Waals surface area contributed by atoms with Crippen molar-refractivity contribution in [1.29, 1.82) is 0 Å². The number of nitrogens with one attached hydrogen (secondary N) is 1. The highest BCUT2D eigenvalue weighted by atomic mass is 16.5. The van der Waals surface area contributed by atoms with E-state index in [2.05, 4.69) is 17.0 Å². The first-order chi connectivity index (χ1) is 14.5. The number of nitrogens with zero attached hydrogens (tertiary/aromatic N) is 3. The van der Waals surface area contributed by atoms with Crippen molar-refractivity contribution in [1.82, 2.24) is 14.7 Å². The van der Waals surface area contributed by atoms with Crippen molar-refractivity contribution in [2.45, 2.75) is 20.4 Å². The molecule has 3 rings (SSSR count). The Balaban J connectivity index is 1.59. The molecule has 3 aromatic rings. The Morgan fingerprint density at radius 1 is 1.17 bits per heavy atom. The van der Waals surface area contributed by atoms with E-state index in [1.54, 1.807) is 6.08 Å². The smallest absolute Gasteiger partial charge is 0.238 e. The van der Waals surface area contributed by atoms with Crippen LogP contribution in [0.2, 0.25) is 0 Å². The van der Waals surface area contributed by atoms with E-state index < -0.39 is 0 Å². The van der Waals surface area contributed by atoms with Gasteiger partial charge in [0.15, 0.2) is 0 Å². The van der Waals surface area contributed by atoms with E-state index in [-0.39, 0.29) is 12.5 Å². The van der Waals surface area contributed by atoms with Crippen molar-refractivity contribution in [3.8, 4) is 11.4 Å². The molecule has 0 radical (unpaired) electrons. The van der Waals surface area contributed by atoms with Gasteiger partial charge >= 0.3 is 0 Å². The van der Waals surface area contributed by atoms with Gasteiger partial charge in [0.05, 0.1) is 29.3 Å². The van der Waals surface area contributed by atoms with E-state index in [0.717, 1.165) is 34.1 Å². The number of anilines is 1. The maximum Gasteiger partial charge on any atom is 0.238 e. The minimum absolute atomic E-state index is 0.0674. The predicted octanol–water partition coefficient (Wildman–Crippen LogP) is 4.12. The summed E-state index contributed by atoms with van der Waals surface area (Å²) in [6, 6.07) is 17.8. The van der Waals surface area contributed by atoms with Gasteiger partial charge in [-0.3, -0.25) is 9.69 Å². The predicted molar refractivity (Wildman–Crippen MR) is 120 cm³/mol. The van der Waals surface area contributed by atoms with Crippen LogP contribution in [-0.2, 0) is 11.3 Å². The van der Waals surface area contributed by atoms with Crippen LogP contribution in [-0.4, -0.2) is 40.8 Å². The summed E-state index contributed by atoms with van der Waals surface area (Å²) in [4.78, 5) is 14.6. The molecule has 156 valence electrons. The van der Waals surface area contributed by atoms with E-state index in [1.165, 1.54) is 0 Å². The number of carbonyl (C=O) groups is 1. The SMILES string of the molecule is C=CCOc1ccc(CN(C)CC(=O)Nc2c(C)nn(-c3ccccc3)c2C)cc1. The molecule has 0 aliphatic heterocycles. The van der Waals surface area contributed by atoms with Crippen molar-refractivity contribution in [3.63, 3.8) is 0 Å². The van der Waals surface area contributed by atoms with Crippen LogP contribution in [0.1, 0.15) is 17.0 Å². The zero-order chi connectivity index (χ0) is 21.5. The summed E-state index contributed by atoms with van der Waals surface area (Å²) in [7, 11) is 1.93. The second-order valence-electron chi connectivity index (χ2n) is 7.26. The fraction of sp³-hybridized carbons (Fsp3) is 0.250. The number of benzene rings is 2. The third-order valence-corrected chi connectivity index (χ3v) is 4.71. The first-order valence-corrected chi connectivity index (χ1v) is 9.90. The third kappa shape index (κ3) is 5.36. The van der Waals surface area contributed by atoms with Gasteiger partial charge in [0.2, 0.25) is 5.91 Å². The van der Waals surface area contributed by atoms with Gasteiger partial charge in [-0.15, -0.1) is 0 Å². The molecule has 1 N–H and O–H groups in total. The van der Waals surface area contributed by atoms with Crippen LogP contribution >= 0.6 is 0 Å². The highest BCUT2D eigenvalue weighted by molar-refractivity contribution is 5.93. The fourth-order valence-corrected chi connectivity index (χ4v) is 3.28. The van der Waals surface area contributed by atoms with Crippen LogP contribution in [0.25, 0.3) is 5.69 Å². The molecular weight excluding hydrogens is 376 g/mol. The lowest BCUT2D eigenvalue weighted by Gasteiger charge is -2.17. The molecule has 6 heteroatoms. The Labute approximate surface area is 177 Å². The van der Waals surface area contributed by atoms with Gasteiger partial charge in [-0.2, -0.15) is 5.10 Å². The Morgan fingerprint density at radius 2 is 1.87 bits per heavy atom. The number of ether oxygens (including phenoxy) is 1. The van der Waals surface area contributed by atoms with E-state index in [0.29, 0.717) is 13.2 Å². The van der Waals surface area contributed by atoms with Crippen LogP contribution in [0.5, 0.6) is 5.75 Å². The van der Waals surface area contributed by atoms with Gasteiger partial charge in [-0.25, -0.2) is 4.68 Å². The Hall–Kier alpha value is -3.38. The molecule has 1 aromatic heterocycles. The lowest BCUT2D eigenvalue weighted by Crippen LogP contribution is -2.30. The minimum atomic E-state index is -0.0674. The first kappa shape index (κ1) is 21.3. The van der Waals surface area contributed by atoms with Gasteiger partial charge in [0.1, 0.15) is 12.4 Å². The average molecular weight is 405 g/mol. The number of para-hydroxylation sites is 1. The summed E-state index contributed by atoms with van der Waals surface area (Å²) < 4.78 is 7.35. The topological polar surface area (TPSA) is 59.4 Å². The number of aryl methyl sites for hydroxylation is 1. The summed E-state index contributed by atoms with van der Waals surface area (Å²) in [5.74, 6) is 0.739.